The second kappa shape index (κ2) is 6.08. The first-order valence-electron chi connectivity index (χ1n) is 7.03. The minimum Gasteiger partial charge on any atom is -0.366 e. The van der Waals surface area contributed by atoms with Gasteiger partial charge in [0.15, 0.2) is 0 Å². The molecule has 0 bridgehead atoms. The molecule has 2 unspecified atom stereocenters. The summed E-state index contributed by atoms with van der Waals surface area (Å²) in [5.41, 5.74) is 3.86. The maximum Gasteiger partial charge on any atom is 0.0643 e. The van der Waals surface area contributed by atoms with Crippen molar-refractivity contribution in [2.75, 3.05) is 24.5 Å². The number of nitrogens with zero attached hydrogens (tertiary/aromatic N) is 2. The first-order valence-corrected chi connectivity index (χ1v) is 7.03. The van der Waals surface area contributed by atoms with E-state index in [0.29, 0.717) is 12.3 Å². The van der Waals surface area contributed by atoms with E-state index in [-0.39, 0.29) is 6.04 Å². The fourth-order valence-corrected chi connectivity index (χ4v) is 2.77. The Kier molecular flexibility index (Phi) is 4.44. The molecule has 19 heavy (non-hydrogen) atoms. The molecule has 2 rings (SSSR count). The number of nitriles is 1. The SMILES string of the molecule is Cc1ccc(C)c(N2CC(C)CNCC2CC#N)c1. The minimum atomic E-state index is 0.274. The third kappa shape index (κ3) is 3.27. The summed E-state index contributed by atoms with van der Waals surface area (Å²) in [5.74, 6) is 0.601. The van der Waals surface area contributed by atoms with Crippen molar-refractivity contribution >= 4 is 5.69 Å². The van der Waals surface area contributed by atoms with Gasteiger partial charge in [-0.1, -0.05) is 19.1 Å². The van der Waals surface area contributed by atoms with Crippen LogP contribution in [0.1, 0.15) is 24.5 Å². The molecular formula is C16H23N3. The molecule has 1 aliphatic rings. The predicted molar refractivity (Wildman–Crippen MR) is 79.3 cm³/mol. The minimum absolute atomic E-state index is 0.274. The van der Waals surface area contributed by atoms with Crippen molar-refractivity contribution in [3.63, 3.8) is 0 Å². The summed E-state index contributed by atoms with van der Waals surface area (Å²) < 4.78 is 0. The molecule has 1 aliphatic heterocycles. The van der Waals surface area contributed by atoms with Crippen molar-refractivity contribution in [2.45, 2.75) is 33.2 Å². The number of rotatable bonds is 2. The maximum absolute atomic E-state index is 9.06. The average Bonchev–Trinajstić information content (AvgIpc) is 2.55. The summed E-state index contributed by atoms with van der Waals surface area (Å²) in [7, 11) is 0. The normalized spacial score (nSPS) is 23.8. The third-order valence-corrected chi connectivity index (χ3v) is 3.82. The van der Waals surface area contributed by atoms with Crippen LogP contribution < -0.4 is 10.2 Å². The van der Waals surface area contributed by atoms with E-state index in [2.05, 4.69) is 55.3 Å². The maximum atomic E-state index is 9.06. The van der Waals surface area contributed by atoms with Crippen LogP contribution in [-0.4, -0.2) is 25.7 Å². The van der Waals surface area contributed by atoms with Gasteiger partial charge in [-0.3, -0.25) is 0 Å². The van der Waals surface area contributed by atoms with Gasteiger partial charge in [0.1, 0.15) is 0 Å². The van der Waals surface area contributed by atoms with E-state index in [9.17, 15) is 0 Å². The molecule has 1 heterocycles. The van der Waals surface area contributed by atoms with Gasteiger partial charge in [-0.05, 0) is 43.5 Å². The Morgan fingerprint density at radius 3 is 2.89 bits per heavy atom. The first kappa shape index (κ1) is 13.9. The first-order chi connectivity index (χ1) is 9.11. The van der Waals surface area contributed by atoms with E-state index in [1.807, 2.05) is 0 Å². The van der Waals surface area contributed by atoms with E-state index in [0.717, 1.165) is 19.6 Å². The van der Waals surface area contributed by atoms with Crippen LogP contribution in [0.25, 0.3) is 0 Å². The zero-order valence-electron chi connectivity index (χ0n) is 12.1. The molecule has 0 saturated carbocycles. The lowest BCUT2D eigenvalue weighted by atomic mass is 10.0. The molecule has 2 atom stereocenters. The Balaban J connectivity index is 2.35. The topological polar surface area (TPSA) is 39.1 Å². The van der Waals surface area contributed by atoms with Gasteiger partial charge >= 0.3 is 0 Å². The molecule has 1 aromatic carbocycles. The summed E-state index contributed by atoms with van der Waals surface area (Å²) in [6.45, 7) is 9.49. The van der Waals surface area contributed by atoms with Crippen LogP contribution in [0.5, 0.6) is 0 Å². The summed E-state index contributed by atoms with van der Waals surface area (Å²) in [4.78, 5) is 2.43. The van der Waals surface area contributed by atoms with Gasteiger partial charge in [0.2, 0.25) is 0 Å². The quantitative estimate of drug-likeness (QED) is 0.885. The molecule has 0 radical (unpaired) electrons. The third-order valence-electron chi connectivity index (χ3n) is 3.82. The highest BCUT2D eigenvalue weighted by Gasteiger charge is 2.25. The fraction of sp³-hybridized carbons (Fsp3) is 0.562. The number of benzene rings is 1. The monoisotopic (exact) mass is 257 g/mol. The molecule has 1 aromatic rings. The standard InChI is InChI=1S/C16H23N3/c1-12-4-5-14(3)16(8-12)19-11-13(2)9-18-10-15(19)6-7-17/h4-5,8,13,15,18H,6,9-11H2,1-3H3. The van der Waals surface area contributed by atoms with E-state index in [1.54, 1.807) is 0 Å². The summed E-state index contributed by atoms with van der Waals surface area (Å²) in [6.07, 6.45) is 0.576. The van der Waals surface area contributed by atoms with Gasteiger partial charge in [0.05, 0.1) is 18.5 Å². The van der Waals surface area contributed by atoms with Gasteiger partial charge in [-0.25, -0.2) is 0 Å². The molecule has 0 spiro atoms. The van der Waals surface area contributed by atoms with Crippen molar-refractivity contribution in [3.05, 3.63) is 29.3 Å². The van der Waals surface area contributed by atoms with E-state index in [1.165, 1.54) is 16.8 Å². The van der Waals surface area contributed by atoms with Crippen LogP contribution in [0.15, 0.2) is 18.2 Å². The van der Waals surface area contributed by atoms with Crippen molar-refractivity contribution in [3.8, 4) is 6.07 Å². The van der Waals surface area contributed by atoms with Crippen LogP contribution in [0, 0.1) is 31.1 Å². The molecule has 1 saturated heterocycles. The number of nitrogens with one attached hydrogen (secondary N) is 1. The highest BCUT2D eigenvalue weighted by molar-refractivity contribution is 5.56. The molecule has 102 valence electrons. The highest BCUT2D eigenvalue weighted by atomic mass is 15.2. The van der Waals surface area contributed by atoms with E-state index >= 15 is 0 Å². The lowest BCUT2D eigenvalue weighted by Gasteiger charge is -2.33. The number of aryl methyl sites for hydroxylation is 2. The molecule has 0 aromatic heterocycles. The Labute approximate surface area is 116 Å². The zero-order valence-corrected chi connectivity index (χ0v) is 12.1. The Morgan fingerprint density at radius 2 is 2.16 bits per heavy atom. The van der Waals surface area contributed by atoms with Crippen LogP contribution in [-0.2, 0) is 0 Å². The molecule has 0 amide bonds. The lowest BCUT2D eigenvalue weighted by molar-refractivity contribution is 0.563. The second-order valence-electron chi connectivity index (χ2n) is 5.72. The summed E-state index contributed by atoms with van der Waals surface area (Å²) >= 11 is 0. The van der Waals surface area contributed by atoms with Crippen LogP contribution in [0.2, 0.25) is 0 Å². The van der Waals surface area contributed by atoms with Crippen LogP contribution in [0.3, 0.4) is 0 Å². The molecule has 3 nitrogen and oxygen atoms in total. The molecule has 1 N–H and O–H groups in total. The molecule has 1 fully saturated rings. The van der Waals surface area contributed by atoms with Crippen LogP contribution in [0.4, 0.5) is 5.69 Å². The van der Waals surface area contributed by atoms with Crippen molar-refractivity contribution < 1.29 is 0 Å². The van der Waals surface area contributed by atoms with Gasteiger partial charge in [-0.15, -0.1) is 0 Å². The van der Waals surface area contributed by atoms with Gasteiger partial charge < -0.3 is 10.2 Å². The van der Waals surface area contributed by atoms with Crippen molar-refractivity contribution in [2.24, 2.45) is 5.92 Å². The smallest absolute Gasteiger partial charge is 0.0643 e. The van der Waals surface area contributed by atoms with Gasteiger partial charge in [-0.2, -0.15) is 5.26 Å². The van der Waals surface area contributed by atoms with Crippen molar-refractivity contribution in [1.29, 1.82) is 5.26 Å². The summed E-state index contributed by atoms with van der Waals surface area (Å²) in [5, 5.41) is 12.5. The molecule has 0 aliphatic carbocycles. The number of hydrogen-bond acceptors (Lipinski definition) is 3. The number of hydrogen-bond donors (Lipinski definition) is 1. The fourth-order valence-electron chi connectivity index (χ4n) is 2.77. The second-order valence-corrected chi connectivity index (χ2v) is 5.72. The van der Waals surface area contributed by atoms with E-state index < -0.39 is 0 Å². The van der Waals surface area contributed by atoms with E-state index in [4.69, 9.17) is 5.26 Å². The largest absolute Gasteiger partial charge is 0.366 e. The van der Waals surface area contributed by atoms with Gasteiger partial charge in [0, 0.05) is 18.8 Å². The lowest BCUT2D eigenvalue weighted by Crippen LogP contribution is -2.40. The highest BCUT2D eigenvalue weighted by Crippen LogP contribution is 2.26. The zero-order chi connectivity index (χ0) is 13.8. The van der Waals surface area contributed by atoms with Gasteiger partial charge in [0.25, 0.3) is 0 Å². The molecule has 3 heteroatoms. The average molecular weight is 257 g/mol. The Morgan fingerprint density at radius 1 is 1.37 bits per heavy atom. The van der Waals surface area contributed by atoms with Crippen LogP contribution >= 0.6 is 0 Å². The Bertz CT molecular complexity index is 475. The number of anilines is 1. The van der Waals surface area contributed by atoms with Crippen molar-refractivity contribution in [1.82, 2.24) is 5.32 Å². The molecular weight excluding hydrogens is 234 g/mol. The predicted octanol–water partition coefficient (Wildman–Crippen LogP) is 2.63. The Hall–Kier alpha value is -1.53. The summed E-state index contributed by atoms with van der Waals surface area (Å²) in [6, 6.07) is 9.18.